The molecule has 0 amide bonds. The monoisotopic (exact) mass is 606 g/mol. The summed E-state index contributed by atoms with van der Waals surface area (Å²) < 4.78 is 4.94. The molecule has 0 unspecified atom stereocenters. The summed E-state index contributed by atoms with van der Waals surface area (Å²) >= 11 is 0. The predicted molar refractivity (Wildman–Crippen MR) is 171 cm³/mol. The Morgan fingerprint density at radius 1 is 0.737 bits per heavy atom. The average Bonchev–Trinajstić information content (AvgIpc) is 3.37. The first-order valence-electron chi connectivity index (χ1n) is 13.6. The fourth-order valence-electron chi connectivity index (χ4n) is 5.17. The van der Waals surface area contributed by atoms with Crippen LogP contribution in [0.25, 0.3) is 5.32 Å². The van der Waals surface area contributed by atoms with E-state index in [1.54, 1.807) is 0 Å². The van der Waals surface area contributed by atoms with Crippen LogP contribution < -0.4 is 10.6 Å². The SMILES string of the molecule is C1CCOC1.Cc1ccc([N-]c2ccc(C)cc2[PH+](C(C)C)C(C)C)c([PH+](C(C)C)C(C)C)c1.O=N[O-].[Ni+2]. The van der Waals surface area contributed by atoms with Crippen LogP contribution in [0.15, 0.2) is 41.7 Å². The van der Waals surface area contributed by atoms with E-state index in [0.29, 0.717) is 22.6 Å². The molecule has 3 rings (SSSR count). The van der Waals surface area contributed by atoms with Crippen LogP contribution in [-0.2, 0) is 21.2 Å². The van der Waals surface area contributed by atoms with Crippen LogP contribution in [0.2, 0.25) is 0 Å². The summed E-state index contributed by atoms with van der Waals surface area (Å²) in [5.41, 5.74) is 7.87. The van der Waals surface area contributed by atoms with Crippen LogP contribution in [-0.4, -0.2) is 35.8 Å². The third-order valence-electron chi connectivity index (χ3n) is 6.48. The van der Waals surface area contributed by atoms with Crippen molar-refractivity contribution in [2.45, 2.75) is 105 Å². The second kappa shape index (κ2) is 19.1. The first-order valence-corrected chi connectivity index (χ1v) is 16.9. The van der Waals surface area contributed by atoms with Crippen molar-refractivity contribution in [2.75, 3.05) is 13.2 Å². The van der Waals surface area contributed by atoms with Gasteiger partial charge in [0.05, 0.1) is 33.2 Å². The van der Waals surface area contributed by atoms with Gasteiger partial charge >= 0.3 is 16.5 Å². The van der Waals surface area contributed by atoms with E-state index >= 15 is 0 Å². The first-order chi connectivity index (χ1) is 17.4. The van der Waals surface area contributed by atoms with Gasteiger partial charge in [-0.3, -0.25) is 0 Å². The Labute approximate surface area is 244 Å². The van der Waals surface area contributed by atoms with E-state index in [1.807, 2.05) is 0 Å². The molecular formula is C30H50N2NiO3P2+2. The van der Waals surface area contributed by atoms with E-state index in [0.717, 1.165) is 18.6 Å². The van der Waals surface area contributed by atoms with Gasteiger partial charge in [0.2, 0.25) is 0 Å². The fourth-order valence-corrected chi connectivity index (χ4v) is 12.0. The zero-order chi connectivity index (χ0) is 28.1. The van der Waals surface area contributed by atoms with Crippen LogP contribution in [0.5, 0.6) is 0 Å². The molecule has 0 bridgehead atoms. The van der Waals surface area contributed by atoms with E-state index in [4.69, 9.17) is 20.2 Å². The van der Waals surface area contributed by atoms with Crippen molar-refractivity contribution in [3.05, 3.63) is 63.0 Å². The summed E-state index contributed by atoms with van der Waals surface area (Å²) in [4.78, 5) is 8.00. The number of benzene rings is 2. The molecule has 0 aliphatic carbocycles. The van der Waals surface area contributed by atoms with Crippen molar-refractivity contribution in [3.63, 3.8) is 0 Å². The molecule has 1 aliphatic heterocycles. The van der Waals surface area contributed by atoms with E-state index in [2.05, 4.69) is 106 Å². The molecule has 1 aliphatic rings. The van der Waals surface area contributed by atoms with Crippen LogP contribution in [0.1, 0.15) is 79.4 Å². The zero-order valence-corrected chi connectivity index (χ0v) is 28.0. The molecule has 1 heterocycles. The first kappa shape index (κ1) is 37.0. The quantitative estimate of drug-likeness (QED) is 0.130. The molecule has 216 valence electrons. The van der Waals surface area contributed by atoms with Crippen molar-refractivity contribution in [3.8, 4) is 0 Å². The van der Waals surface area contributed by atoms with Crippen molar-refractivity contribution < 1.29 is 21.2 Å². The maximum absolute atomic E-state index is 8.00. The summed E-state index contributed by atoms with van der Waals surface area (Å²) in [6.45, 7) is 25.5. The molecule has 38 heavy (non-hydrogen) atoms. The zero-order valence-electron chi connectivity index (χ0n) is 25.0. The molecule has 1 fully saturated rings. The molecule has 1 saturated heterocycles. The van der Waals surface area contributed by atoms with Gasteiger partial charge < -0.3 is 20.2 Å². The number of rotatable bonds is 8. The molecule has 0 atom stereocenters. The summed E-state index contributed by atoms with van der Waals surface area (Å²) in [5.74, 6) is 0. The van der Waals surface area contributed by atoms with Gasteiger partial charge in [0.1, 0.15) is 0 Å². The van der Waals surface area contributed by atoms with Gasteiger partial charge in [-0.25, -0.2) is 0 Å². The molecule has 0 N–H and O–H groups in total. The van der Waals surface area contributed by atoms with E-state index in [-0.39, 0.29) is 16.5 Å². The Balaban J connectivity index is 0.00000131. The predicted octanol–water partition coefficient (Wildman–Crippen LogP) is 9.00. The van der Waals surface area contributed by atoms with E-state index in [9.17, 15) is 0 Å². The molecule has 0 radical (unpaired) electrons. The van der Waals surface area contributed by atoms with Gasteiger partial charge in [-0.15, -0.1) is 5.34 Å². The second-order valence-electron chi connectivity index (χ2n) is 11.1. The number of nitrogens with zero attached hydrogens (tertiary/aromatic N) is 2. The Hall–Kier alpha value is -1.05. The Bertz CT molecular complexity index is 860. The van der Waals surface area contributed by atoms with Gasteiger partial charge in [0, 0.05) is 29.1 Å². The molecule has 0 spiro atoms. The fraction of sp³-hybridized carbons (Fsp3) is 0.600. The second-order valence-corrected chi connectivity index (χ2v) is 18.6. The molecule has 2 aromatic carbocycles. The summed E-state index contributed by atoms with van der Waals surface area (Å²) in [6, 6.07) is 13.8. The summed E-state index contributed by atoms with van der Waals surface area (Å²) in [5, 5.41) is 17.4. The summed E-state index contributed by atoms with van der Waals surface area (Å²) in [6.07, 6.45) is 2.56. The topological polar surface area (TPSA) is 75.8 Å². The molecule has 0 aromatic heterocycles. The van der Waals surface area contributed by atoms with Gasteiger partial charge in [0.15, 0.2) is 0 Å². The van der Waals surface area contributed by atoms with E-state index < -0.39 is 15.8 Å². The largest absolute Gasteiger partial charge is 2.00 e. The molecule has 0 saturated carbocycles. The third kappa shape index (κ3) is 12.0. The molecule has 5 nitrogen and oxygen atoms in total. The van der Waals surface area contributed by atoms with Gasteiger partial charge in [-0.2, -0.15) is 0 Å². The van der Waals surface area contributed by atoms with Crippen LogP contribution in [0, 0.1) is 24.0 Å². The van der Waals surface area contributed by atoms with Crippen LogP contribution in [0.3, 0.4) is 0 Å². The Morgan fingerprint density at radius 2 is 1.05 bits per heavy atom. The van der Waals surface area contributed by atoms with Gasteiger partial charge in [0.25, 0.3) is 0 Å². The number of ether oxygens (including phenoxy) is 1. The van der Waals surface area contributed by atoms with Crippen molar-refractivity contribution >= 4 is 37.8 Å². The smallest absolute Gasteiger partial charge is 0.651 e. The number of hydrogen-bond donors (Lipinski definition) is 0. The van der Waals surface area contributed by atoms with Crippen molar-refractivity contribution in [2.24, 2.45) is 5.34 Å². The van der Waals surface area contributed by atoms with Crippen LogP contribution >= 0.6 is 15.8 Å². The normalized spacial score (nSPS) is 12.8. The minimum atomic E-state index is -0.685. The Morgan fingerprint density at radius 3 is 1.29 bits per heavy atom. The van der Waals surface area contributed by atoms with Crippen molar-refractivity contribution in [1.82, 2.24) is 0 Å². The average molecular weight is 607 g/mol. The van der Waals surface area contributed by atoms with Gasteiger partial charge in [-0.1, -0.05) is 35.6 Å². The minimum Gasteiger partial charge on any atom is -0.651 e. The van der Waals surface area contributed by atoms with Gasteiger partial charge in [-0.05, 0) is 105 Å². The van der Waals surface area contributed by atoms with Crippen molar-refractivity contribution in [1.29, 1.82) is 0 Å². The van der Waals surface area contributed by atoms with E-state index in [1.165, 1.54) is 46.0 Å². The number of aryl methyl sites for hydroxylation is 2. The maximum atomic E-state index is 8.00. The minimum absolute atomic E-state index is 0. The molecule has 2 aromatic rings. The number of hydrogen-bond acceptors (Lipinski definition) is 4. The van der Waals surface area contributed by atoms with Crippen LogP contribution in [0.4, 0.5) is 11.4 Å². The third-order valence-corrected chi connectivity index (χ3v) is 13.5. The summed E-state index contributed by atoms with van der Waals surface area (Å²) in [7, 11) is -1.37. The Kier molecular flexibility index (Phi) is 18.6. The standard InChI is InChI=1S/C26H40NP2.C4H8O.HNO2.Ni/c1-17(2)28(18(3)4)25-15-21(9)11-13-23(25)27-24-14-12-22(10)16-26(24)29(19(5)6)20(7)8;1-2-4-5-3-1;2-1-3;/h11-20H,1-10H3;1-4H2;(H,2,3);/q-1;;;+2/p+1. The molecule has 8 heteroatoms. The maximum Gasteiger partial charge on any atom is 2.00 e. The molecular weight excluding hydrogens is 557 g/mol.